The molecule has 0 aliphatic rings. The lowest BCUT2D eigenvalue weighted by Crippen LogP contribution is -2.03. The molecule has 0 radical (unpaired) electrons. The molecule has 8 nitrogen and oxygen atoms in total. The maximum atomic E-state index is 10.9. The number of rotatable bonds is 4. The van der Waals surface area contributed by atoms with Gasteiger partial charge in [0.15, 0.2) is 10.3 Å². The van der Waals surface area contributed by atoms with Crippen LogP contribution in [0.15, 0.2) is 29.0 Å². The number of benzene rings is 1. The molecule has 3 aromatic rings. The Morgan fingerprint density at radius 3 is 2.61 bits per heavy atom. The average molecular weight is 399 g/mol. The lowest BCUT2D eigenvalue weighted by atomic mass is 10.2. The van der Waals surface area contributed by atoms with Crippen molar-refractivity contribution in [2.45, 2.75) is 6.54 Å². The van der Waals surface area contributed by atoms with Gasteiger partial charge in [0.25, 0.3) is 0 Å². The predicted octanol–water partition coefficient (Wildman–Crippen LogP) is 3.21. The van der Waals surface area contributed by atoms with Gasteiger partial charge < -0.3 is 14.9 Å². The van der Waals surface area contributed by atoms with E-state index in [1.807, 2.05) is 24.3 Å². The van der Waals surface area contributed by atoms with Crippen LogP contribution in [0.4, 0.5) is 5.95 Å². The summed E-state index contributed by atoms with van der Waals surface area (Å²) in [6.07, 6.45) is 0. The predicted molar refractivity (Wildman–Crippen MR) is 86.8 cm³/mol. The van der Waals surface area contributed by atoms with E-state index in [9.17, 15) is 10.1 Å². The monoisotopic (exact) mass is 397 g/mol. The normalized spacial score (nSPS) is 10.9. The van der Waals surface area contributed by atoms with Gasteiger partial charge in [-0.1, -0.05) is 17.1 Å². The minimum atomic E-state index is -0.691. The Morgan fingerprint density at radius 2 is 2.00 bits per heavy atom. The van der Waals surface area contributed by atoms with E-state index in [0.717, 1.165) is 11.3 Å². The zero-order valence-electron chi connectivity index (χ0n) is 11.7. The summed E-state index contributed by atoms with van der Waals surface area (Å²) in [5.41, 5.74) is 1.54. The largest absolute Gasteiger partial charge is 0.497 e. The van der Waals surface area contributed by atoms with Gasteiger partial charge >= 0.3 is 5.95 Å². The van der Waals surface area contributed by atoms with Crippen LogP contribution >= 0.6 is 27.5 Å². The molecule has 0 spiro atoms. The lowest BCUT2D eigenvalue weighted by molar-refractivity contribution is -0.394. The standard InChI is InChI=1S/C13H9BrClN5O3/c1-23-8-4-2-7(3-5-8)6-19-11-9(16-12(19)14)10(15)17-13(18-11)20(21)22/h2-5H,6H2,1H3. The second-order valence-electron chi connectivity index (χ2n) is 4.56. The number of hydrogen-bond acceptors (Lipinski definition) is 6. The number of methoxy groups -OCH3 is 1. The van der Waals surface area contributed by atoms with Crippen LogP contribution in [0, 0.1) is 10.1 Å². The summed E-state index contributed by atoms with van der Waals surface area (Å²) in [4.78, 5) is 22.0. The summed E-state index contributed by atoms with van der Waals surface area (Å²) in [5, 5.41) is 10.9. The third-order valence-corrected chi connectivity index (χ3v) is 4.03. The fourth-order valence-electron chi connectivity index (χ4n) is 2.07. The van der Waals surface area contributed by atoms with Gasteiger partial charge in [-0.2, -0.15) is 0 Å². The smallest absolute Gasteiger partial charge is 0.472 e. The summed E-state index contributed by atoms with van der Waals surface area (Å²) in [5.74, 6) is 0.176. The minimum absolute atomic E-state index is 0.0594. The fraction of sp³-hybridized carbons (Fsp3) is 0.154. The Morgan fingerprint density at radius 1 is 1.30 bits per heavy atom. The van der Waals surface area contributed by atoms with Crippen molar-refractivity contribution >= 4 is 44.6 Å². The first kappa shape index (κ1) is 15.6. The van der Waals surface area contributed by atoms with Crippen LogP contribution in [0.3, 0.4) is 0 Å². The molecule has 3 rings (SSSR count). The Labute approximate surface area is 143 Å². The van der Waals surface area contributed by atoms with E-state index >= 15 is 0 Å². The van der Waals surface area contributed by atoms with E-state index in [-0.39, 0.29) is 5.15 Å². The number of nitro groups is 1. The molecule has 118 valence electrons. The SMILES string of the molecule is COc1ccc(Cn2c(Br)nc3c(Cl)nc([N+](=O)[O-])nc32)cc1. The van der Waals surface area contributed by atoms with Crippen molar-refractivity contribution < 1.29 is 9.66 Å². The zero-order valence-corrected chi connectivity index (χ0v) is 14.1. The van der Waals surface area contributed by atoms with Crippen molar-refractivity contribution in [3.63, 3.8) is 0 Å². The third-order valence-electron chi connectivity index (χ3n) is 3.16. The molecule has 0 saturated heterocycles. The van der Waals surface area contributed by atoms with Crippen LogP contribution in [0.2, 0.25) is 5.15 Å². The molecule has 1 aromatic carbocycles. The van der Waals surface area contributed by atoms with E-state index < -0.39 is 10.9 Å². The van der Waals surface area contributed by atoms with Gasteiger partial charge in [0.2, 0.25) is 10.8 Å². The van der Waals surface area contributed by atoms with E-state index in [2.05, 4.69) is 30.9 Å². The van der Waals surface area contributed by atoms with Gasteiger partial charge in [0.1, 0.15) is 5.75 Å². The molecule has 2 aromatic heterocycles. The molecule has 0 aliphatic heterocycles. The highest BCUT2D eigenvalue weighted by Gasteiger charge is 2.23. The molecule has 0 atom stereocenters. The van der Waals surface area contributed by atoms with Gasteiger partial charge in [-0.15, -0.1) is 0 Å². The van der Waals surface area contributed by atoms with Crippen LogP contribution < -0.4 is 4.74 Å². The Balaban J connectivity index is 2.08. The van der Waals surface area contributed by atoms with E-state index in [1.165, 1.54) is 0 Å². The highest BCUT2D eigenvalue weighted by atomic mass is 79.9. The van der Waals surface area contributed by atoms with Gasteiger partial charge in [0, 0.05) is 0 Å². The summed E-state index contributed by atoms with van der Waals surface area (Å²) in [6, 6.07) is 7.42. The molecule has 2 heterocycles. The molecular weight excluding hydrogens is 390 g/mol. The van der Waals surface area contributed by atoms with Crippen LogP contribution in [-0.2, 0) is 6.54 Å². The second kappa shape index (κ2) is 6.09. The summed E-state index contributed by atoms with van der Waals surface area (Å²) in [7, 11) is 1.59. The van der Waals surface area contributed by atoms with Crippen molar-refractivity contribution in [2.75, 3.05) is 7.11 Å². The maximum Gasteiger partial charge on any atom is 0.472 e. The molecule has 0 unspecified atom stereocenters. The molecule has 10 heteroatoms. The highest BCUT2D eigenvalue weighted by molar-refractivity contribution is 9.10. The zero-order chi connectivity index (χ0) is 16.6. The highest BCUT2D eigenvalue weighted by Crippen LogP contribution is 2.27. The molecule has 0 amide bonds. The van der Waals surface area contributed by atoms with Crippen LogP contribution in [-0.4, -0.2) is 31.6 Å². The van der Waals surface area contributed by atoms with E-state index in [1.54, 1.807) is 11.7 Å². The van der Waals surface area contributed by atoms with Crippen molar-refractivity contribution in [3.8, 4) is 5.75 Å². The van der Waals surface area contributed by atoms with Gasteiger partial charge in [-0.05, 0) is 55.1 Å². The third kappa shape index (κ3) is 2.97. The molecule has 23 heavy (non-hydrogen) atoms. The quantitative estimate of drug-likeness (QED) is 0.290. The fourth-order valence-corrected chi connectivity index (χ4v) is 2.74. The number of fused-ring (bicyclic) bond motifs is 1. The molecule has 0 aliphatic carbocycles. The number of imidazole rings is 1. The van der Waals surface area contributed by atoms with Gasteiger partial charge in [-0.25, -0.2) is 4.98 Å². The molecule has 0 saturated carbocycles. The first-order valence-electron chi connectivity index (χ1n) is 6.36. The first-order valence-corrected chi connectivity index (χ1v) is 7.53. The van der Waals surface area contributed by atoms with Crippen LogP contribution in [0.25, 0.3) is 11.2 Å². The number of aromatic nitrogens is 4. The van der Waals surface area contributed by atoms with Gasteiger partial charge in [-0.3, -0.25) is 4.57 Å². The molecule has 0 bridgehead atoms. The van der Waals surface area contributed by atoms with Crippen molar-refractivity contribution in [2.24, 2.45) is 0 Å². The van der Waals surface area contributed by atoms with Gasteiger partial charge in [0.05, 0.1) is 13.7 Å². The number of halogens is 2. The Kier molecular flexibility index (Phi) is 4.14. The molecule has 0 fully saturated rings. The maximum absolute atomic E-state index is 10.9. The van der Waals surface area contributed by atoms with Crippen LogP contribution in [0.5, 0.6) is 5.75 Å². The van der Waals surface area contributed by atoms with E-state index in [0.29, 0.717) is 22.4 Å². The van der Waals surface area contributed by atoms with Crippen molar-refractivity contribution in [1.29, 1.82) is 0 Å². The number of hydrogen-bond donors (Lipinski definition) is 0. The first-order chi connectivity index (χ1) is 11.0. The van der Waals surface area contributed by atoms with E-state index in [4.69, 9.17) is 16.3 Å². The summed E-state index contributed by atoms with van der Waals surface area (Å²) in [6.45, 7) is 0.408. The summed E-state index contributed by atoms with van der Waals surface area (Å²) >= 11 is 9.29. The molecule has 0 N–H and O–H groups in total. The lowest BCUT2D eigenvalue weighted by Gasteiger charge is -2.05. The summed E-state index contributed by atoms with van der Waals surface area (Å²) < 4.78 is 7.25. The van der Waals surface area contributed by atoms with Crippen molar-refractivity contribution in [3.05, 3.63) is 49.8 Å². The number of ether oxygens (including phenoxy) is 1. The molecular formula is C13H9BrClN5O3. The Bertz CT molecular complexity index is 897. The Hall–Kier alpha value is -2.26. The number of nitrogens with zero attached hydrogens (tertiary/aromatic N) is 5. The average Bonchev–Trinajstić information content (AvgIpc) is 2.85. The minimum Gasteiger partial charge on any atom is -0.497 e. The second-order valence-corrected chi connectivity index (χ2v) is 5.63. The van der Waals surface area contributed by atoms with Crippen molar-refractivity contribution in [1.82, 2.24) is 19.5 Å². The topological polar surface area (TPSA) is 96.0 Å². The van der Waals surface area contributed by atoms with Crippen LogP contribution in [0.1, 0.15) is 5.56 Å².